The first-order valence-electron chi connectivity index (χ1n) is 8.12. The molecule has 0 saturated heterocycles. The number of hydrogen-bond acceptors (Lipinski definition) is 4. The fraction of sp³-hybridized carbons (Fsp3) is 0.158. The fourth-order valence-corrected chi connectivity index (χ4v) is 2.28. The first kappa shape index (κ1) is 20.1. The lowest BCUT2D eigenvalue weighted by molar-refractivity contribution is -0.136. The third kappa shape index (κ3) is 6.91. The molecule has 0 aliphatic carbocycles. The molecule has 0 aliphatic rings. The van der Waals surface area contributed by atoms with E-state index in [1.54, 1.807) is 48.5 Å². The van der Waals surface area contributed by atoms with E-state index in [0.717, 1.165) is 0 Å². The van der Waals surface area contributed by atoms with Crippen LogP contribution in [0.4, 0.5) is 0 Å². The van der Waals surface area contributed by atoms with Gasteiger partial charge in [-0.05, 0) is 29.8 Å². The lowest BCUT2D eigenvalue weighted by Crippen LogP contribution is -2.35. The highest BCUT2D eigenvalue weighted by atomic mass is 35.5. The molecule has 2 rings (SSSR count). The number of hydrazone groups is 1. The van der Waals surface area contributed by atoms with Crippen molar-refractivity contribution >= 4 is 35.1 Å². The molecule has 3 N–H and O–H groups in total. The third-order valence-corrected chi connectivity index (χ3v) is 3.77. The van der Waals surface area contributed by atoms with Gasteiger partial charge in [0, 0.05) is 17.0 Å². The van der Waals surface area contributed by atoms with Gasteiger partial charge >= 0.3 is 5.97 Å². The van der Waals surface area contributed by atoms with Crippen LogP contribution in [0.5, 0.6) is 0 Å². The van der Waals surface area contributed by atoms with Crippen molar-refractivity contribution < 1.29 is 19.5 Å². The quantitative estimate of drug-likeness (QED) is 0.477. The molecule has 2 aromatic carbocycles. The summed E-state index contributed by atoms with van der Waals surface area (Å²) < 4.78 is 0. The molecule has 27 heavy (non-hydrogen) atoms. The molecule has 0 radical (unpaired) electrons. The van der Waals surface area contributed by atoms with Crippen molar-refractivity contribution in [3.05, 3.63) is 70.7 Å². The molecule has 0 atom stereocenters. The molecule has 0 spiro atoms. The van der Waals surface area contributed by atoms with Crippen molar-refractivity contribution in [2.75, 3.05) is 6.54 Å². The molecule has 0 aromatic heterocycles. The van der Waals surface area contributed by atoms with Gasteiger partial charge in [0.15, 0.2) is 0 Å². The van der Waals surface area contributed by atoms with Gasteiger partial charge in [0.25, 0.3) is 11.8 Å². The lowest BCUT2D eigenvalue weighted by atomic mass is 10.1. The Morgan fingerprint density at radius 2 is 1.59 bits per heavy atom. The maximum atomic E-state index is 12.0. The molecule has 140 valence electrons. The first-order chi connectivity index (χ1) is 13.0. The summed E-state index contributed by atoms with van der Waals surface area (Å²) in [4.78, 5) is 34.7. The van der Waals surface area contributed by atoms with Gasteiger partial charge < -0.3 is 10.4 Å². The van der Waals surface area contributed by atoms with Crippen molar-refractivity contribution in [2.24, 2.45) is 5.10 Å². The van der Waals surface area contributed by atoms with Crippen LogP contribution in [-0.4, -0.2) is 35.1 Å². The molecule has 8 heteroatoms. The number of hydrogen-bond donors (Lipinski definition) is 3. The zero-order valence-corrected chi connectivity index (χ0v) is 15.1. The van der Waals surface area contributed by atoms with E-state index in [4.69, 9.17) is 16.7 Å². The van der Waals surface area contributed by atoms with Gasteiger partial charge in [-0.2, -0.15) is 5.10 Å². The Hall–Kier alpha value is -3.19. The van der Waals surface area contributed by atoms with E-state index in [1.807, 2.05) is 6.07 Å². The molecular weight excluding hydrogens is 370 g/mol. The Morgan fingerprint density at radius 3 is 2.22 bits per heavy atom. The van der Waals surface area contributed by atoms with Crippen molar-refractivity contribution in [3.8, 4) is 0 Å². The normalized spacial score (nSPS) is 10.9. The Labute approximate surface area is 161 Å². The highest BCUT2D eigenvalue weighted by Crippen LogP contribution is 2.09. The van der Waals surface area contributed by atoms with Gasteiger partial charge in [-0.3, -0.25) is 14.4 Å². The number of carbonyl (C=O) groups is 3. The highest BCUT2D eigenvalue weighted by molar-refractivity contribution is 6.30. The summed E-state index contributed by atoms with van der Waals surface area (Å²) >= 11 is 5.76. The van der Waals surface area contributed by atoms with Gasteiger partial charge in [0.05, 0.1) is 18.7 Å². The van der Waals surface area contributed by atoms with Crippen LogP contribution < -0.4 is 10.7 Å². The van der Waals surface area contributed by atoms with Crippen molar-refractivity contribution in [1.82, 2.24) is 10.7 Å². The zero-order chi connectivity index (χ0) is 19.6. The fourth-order valence-electron chi connectivity index (χ4n) is 2.15. The van der Waals surface area contributed by atoms with Crippen LogP contribution in [0.2, 0.25) is 5.02 Å². The van der Waals surface area contributed by atoms with Crippen molar-refractivity contribution in [3.63, 3.8) is 0 Å². The number of carboxylic acid groups (broad SMARTS) is 1. The van der Waals surface area contributed by atoms with E-state index >= 15 is 0 Å². The smallest absolute Gasteiger partial charge is 0.303 e. The summed E-state index contributed by atoms with van der Waals surface area (Å²) in [5, 5.41) is 15.9. The van der Waals surface area contributed by atoms with E-state index < -0.39 is 17.8 Å². The average Bonchev–Trinajstić information content (AvgIpc) is 2.67. The minimum absolute atomic E-state index is 0.114. The second-order valence-corrected chi connectivity index (χ2v) is 5.98. The summed E-state index contributed by atoms with van der Waals surface area (Å²) in [6, 6.07) is 15.2. The number of halogens is 1. The van der Waals surface area contributed by atoms with Gasteiger partial charge in [-0.25, -0.2) is 5.43 Å². The molecule has 0 saturated carbocycles. The maximum absolute atomic E-state index is 12.0. The molecule has 2 amide bonds. The molecular formula is C19H18ClN3O4. The Bertz CT molecular complexity index is 836. The topological polar surface area (TPSA) is 108 Å². The van der Waals surface area contributed by atoms with Gasteiger partial charge in [-0.15, -0.1) is 0 Å². The Kier molecular flexibility index (Phi) is 7.51. The second kappa shape index (κ2) is 10.1. The van der Waals surface area contributed by atoms with Crippen LogP contribution in [0.25, 0.3) is 0 Å². The van der Waals surface area contributed by atoms with E-state index in [-0.39, 0.29) is 19.4 Å². The Morgan fingerprint density at radius 1 is 0.926 bits per heavy atom. The molecule has 0 aliphatic heterocycles. The number of rotatable bonds is 8. The third-order valence-electron chi connectivity index (χ3n) is 3.51. The van der Waals surface area contributed by atoms with E-state index in [9.17, 15) is 14.4 Å². The minimum atomic E-state index is -0.958. The number of benzene rings is 2. The molecule has 0 fully saturated rings. The molecule has 0 unspecified atom stereocenters. The van der Waals surface area contributed by atoms with Gasteiger partial charge in [0.1, 0.15) is 0 Å². The first-order valence-corrected chi connectivity index (χ1v) is 8.50. The van der Waals surface area contributed by atoms with Crippen LogP contribution in [-0.2, 0) is 9.59 Å². The summed E-state index contributed by atoms with van der Waals surface area (Å²) in [5.74, 6) is -1.90. The van der Waals surface area contributed by atoms with Crippen LogP contribution in [0.3, 0.4) is 0 Å². The van der Waals surface area contributed by atoms with Crippen LogP contribution in [0, 0.1) is 0 Å². The molecule has 2 aromatic rings. The number of carboxylic acids is 1. The predicted molar refractivity (Wildman–Crippen MR) is 102 cm³/mol. The highest BCUT2D eigenvalue weighted by Gasteiger charge is 2.10. The number of nitrogens with zero attached hydrogens (tertiary/aromatic N) is 1. The maximum Gasteiger partial charge on any atom is 0.303 e. The SMILES string of the molecule is O=C(O)CC/C(=N\NC(=O)CNC(=O)c1ccc(Cl)cc1)c1ccccc1. The monoisotopic (exact) mass is 387 g/mol. The van der Waals surface area contributed by atoms with Crippen LogP contribution in [0.1, 0.15) is 28.8 Å². The van der Waals surface area contributed by atoms with Crippen LogP contribution in [0.15, 0.2) is 59.7 Å². The standard InChI is InChI=1S/C19H18ClN3O4/c20-15-8-6-14(7-9-15)19(27)21-12-17(24)23-22-16(10-11-18(25)26)13-4-2-1-3-5-13/h1-9H,10-12H2,(H,21,27)(H,23,24)(H,25,26)/b22-16+. The van der Waals surface area contributed by atoms with Gasteiger partial charge in [0.2, 0.25) is 0 Å². The van der Waals surface area contributed by atoms with Crippen LogP contribution >= 0.6 is 11.6 Å². The van der Waals surface area contributed by atoms with E-state index in [2.05, 4.69) is 15.8 Å². The number of nitrogens with one attached hydrogen (secondary N) is 2. The number of aliphatic carboxylic acids is 1. The number of carbonyl (C=O) groups excluding carboxylic acids is 2. The van der Waals surface area contributed by atoms with E-state index in [0.29, 0.717) is 21.9 Å². The minimum Gasteiger partial charge on any atom is -0.481 e. The lowest BCUT2D eigenvalue weighted by Gasteiger charge is -2.07. The average molecular weight is 388 g/mol. The second-order valence-electron chi connectivity index (χ2n) is 5.54. The summed E-state index contributed by atoms with van der Waals surface area (Å²) in [5.41, 5.74) is 3.87. The zero-order valence-electron chi connectivity index (χ0n) is 14.3. The van der Waals surface area contributed by atoms with Crippen molar-refractivity contribution in [2.45, 2.75) is 12.8 Å². The largest absolute Gasteiger partial charge is 0.481 e. The summed E-state index contributed by atoms with van der Waals surface area (Å²) in [7, 11) is 0. The number of amides is 2. The predicted octanol–water partition coefficient (Wildman–Crippen LogP) is 2.46. The molecule has 0 bridgehead atoms. The molecule has 7 nitrogen and oxygen atoms in total. The Balaban J connectivity index is 1.94. The summed E-state index contributed by atoms with van der Waals surface area (Å²) in [6.45, 7) is -0.272. The summed E-state index contributed by atoms with van der Waals surface area (Å²) in [6.07, 6.45) is 0.0493. The molecule has 0 heterocycles. The van der Waals surface area contributed by atoms with Crippen molar-refractivity contribution in [1.29, 1.82) is 0 Å². The van der Waals surface area contributed by atoms with Gasteiger partial charge in [-0.1, -0.05) is 41.9 Å². The van der Waals surface area contributed by atoms with E-state index in [1.165, 1.54) is 0 Å².